The predicted molar refractivity (Wildman–Crippen MR) is 34.2 cm³/mol. The molecule has 0 amide bonds. The summed E-state index contributed by atoms with van der Waals surface area (Å²) in [6, 6.07) is 0. The fourth-order valence-electron chi connectivity index (χ4n) is 0.574. The van der Waals surface area contributed by atoms with E-state index in [1.54, 1.807) is 11.7 Å². The van der Waals surface area contributed by atoms with Crippen LogP contribution in [0.1, 0.15) is 0 Å². The molecule has 0 aliphatic heterocycles. The van der Waals surface area contributed by atoms with Gasteiger partial charge in [0.2, 0.25) is 5.82 Å². The van der Waals surface area contributed by atoms with Gasteiger partial charge in [0.25, 0.3) is 0 Å². The fourth-order valence-corrected chi connectivity index (χ4v) is 1.12. The maximum absolute atomic E-state index is 4.43. The molecule has 0 atom stereocenters. The molecule has 4 nitrogen and oxygen atoms in total. The molecular weight excluding hydrogens is 150 g/mol. The van der Waals surface area contributed by atoms with E-state index in [1.807, 2.05) is 0 Å². The zero-order valence-corrected chi connectivity index (χ0v) is 5.63. The minimum absolute atomic E-state index is 0.544. The molecule has 10 heavy (non-hydrogen) atoms. The third-order valence-corrected chi connectivity index (χ3v) is 1.75. The molecule has 0 aliphatic carbocycles. The number of thiazole rings is 1. The van der Waals surface area contributed by atoms with Gasteiger partial charge in [0.15, 0.2) is 0 Å². The molecule has 5 heteroatoms. The first-order chi connectivity index (χ1) is 4.97. The van der Waals surface area contributed by atoms with Crippen molar-refractivity contribution in [3.63, 3.8) is 0 Å². The molecule has 0 spiro atoms. The van der Waals surface area contributed by atoms with Crippen LogP contribution in [-0.4, -0.2) is 15.1 Å². The van der Waals surface area contributed by atoms with E-state index in [0.717, 1.165) is 4.88 Å². The molecule has 0 aliphatic rings. The molecule has 49 valence electrons. The second-order valence-electron chi connectivity index (χ2n) is 1.57. The van der Waals surface area contributed by atoms with Crippen molar-refractivity contribution < 1.29 is 4.52 Å². The van der Waals surface area contributed by atoms with Crippen molar-refractivity contribution in [1.29, 1.82) is 0 Å². The van der Waals surface area contributed by atoms with Crippen molar-refractivity contribution in [2.75, 3.05) is 0 Å². The Balaban J connectivity index is 2.48. The van der Waals surface area contributed by atoms with Gasteiger partial charge in [0.1, 0.15) is 0 Å². The molecule has 2 heterocycles. The van der Waals surface area contributed by atoms with E-state index in [9.17, 15) is 0 Å². The largest absolute Gasteiger partial charge is 0.328 e. The summed E-state index contributed by atoms with van der Waals surface area (Å²) in [6.45, 7) is 0. The van der Waals surface area contributed by atoms with E-state index in [2.05, 4.69) is 26.0 Å². The Morgan fingerprint density at radius 2 is 2.60 bits per heavy atom. The Kier molecular flexibility index (Phi) is 1.21. The van der Waals surface area contributed by atoms with Crippen LogP contribution < -0.4 is 0 Å². The summed E-state index contributed by atoms with van der Waals surface area (Å²) < 4.78 is 4.43. The lowest BCUT2D eigenvalue weighted by Gasteiger charge is -1.78. The second kappa shape index (κ2) is 2.18. The van der Waals surface area contributed by atoms with Gasteiger partial charge in [-0.15, -0.1) is 11.3 Å². The van der Waals surface area contributed by atoms with Crippen LogP contribution in [0.3, 0.4) is 0 Å². The van der Waals surface area contributed by atoms with Gasteiger partial charge in [-0.05, 0) is 0 Å². The van der Waals surface area contributed by atoms with Crippen molar-refractivity contribution in [3.05, 3.63) is 18.1 Å². The molecule has 0 N–H and O–H groups in total. The second-order valence-corrected chi connectivity index (χ2v) is 2.46. The van der Waals surface area contributed by atoms with Crippen LogP contribution >= 0.6 is 11.3 Å². The number of aromatic nitrogens is 3. The molecule has 1 radical (unpaired) electrons. The molecule has 0 saturated carbocycles. The maximum Gasteiger partial charge on any atom is 0.316 e. The summed E-state index contributed by atoms with van der Waals surface area (Å²) >= 11 is 1.46. The molecule has 2 aromatic heterocycles. The molecule has 0 bridgehead atoms. The Hall–Kier alpha value is -1.23. The van der Waals surface area contributed by atoms with Crippen molar-refractivity contribution in [3.8, 4) is 10.7 Å². The molecule has 0 aromatic carbocycles. The predicted octanol–water partition coefficient (Wildman–Crippen LogP) is 0.993. The summed E-state index contributed by atoms with van der Waals surface area (Å²) in [5, 5.41) is 3.59. The third-order valence-electron chi connectivity index (χ3n) is 0.977. The number of hydrogen-bond acceptors (Lipinski definition) is 5. The van der Waals surface area contributed by atoms with Gasteiger partial charge in [-0.25, -0.2) is 0 Å². The summed E-state index contributed by atoms with van der Waals surface area (Å²) in [4.78, 5) is 8.48. The number of hydrogen-bond donors (Lipinski definition) is 0. The van der Waals surface area contributed by atoms with Crippen molar-refractivity contribution in [2.24, 2.45) is 0 Å². The first-order valence-electron chi connectivity index (χ1n) is 2.55. The first kappa shape index (κ1) is 5.55. The summed E-state index contributed by atoms with van der Waals surface area (Å²) in [5.74, 6) is 0.544. The highest BCUT2D eigenvalue weighted by atomic mass is 32.1. The van der Waals surface area contributed by atoms with Gasteiger partial charge >= 0.3 is 6.39 Å². The monoisotopic (exact) mass is 152 g/mol. The van der Waals surface area contributed by atoms with Gasteiger partial charge < -0.3 is 4.52 Å². The van der Waals surface area contributed by atoms with Crippen LogP contribution in [0.5, 0.6) is 0 Å². The lowest BCUT2D eigenvalue weighted by atomic mass is 10.5. The van der Waals surface area contributed by atoms with Crippen LogP contribution in [-0.2, 0) is 0 Å². The highest BCUT2D eigenvalue weighted by molar-refractivity contribution is 7.13. The number of rotatable bonds is 1. The summed E-state index contributed by atoms with van der Waals surface area (Å²) in [6.07, 6.45) is 3.94. The van der Waals surface area contributed by atoms with Crippen LogP contribution in [0.2, 0.25) is 0 Å². The standard InChI is InChI=1S/C5H2N3OS/c1-4(10-3-6-1)5-7-2-9-8-5/h1,3H. The van der Waals surface area contributed by atoms with Crippen LogP contribution in [0.4, 0.5) is 0 Å². The van der Waals surface area contributed by atoms with Crippen molar-refractivity contribution >= 4 is 11.3 Å². The zero-order chi connectivity index (χ0) is 6.81. The van der Waals surface area contributed by atoms with Crippen LogP contribution in [0.25, 0.3) is 10.7 Å². The highest BCUT2D eigenvalue weighted by Gasteiger charge is 2.02. The molecule has 0 unspecified atom stereocenters. The lowest BCUT2D eigenvalue weighted by molar-refractivity contribution is 0.411. The van der Waals surface area contributed by atoms with Crippen LogP contribution in [0.15, 0.2) is 16.2 Å². The highest BCUT2D eigenvalue weighted by Crippen LogP contribution is 2.17. The Morgan fingerprint density at radius 1 is 1.60 bits per heavy atom. The van der Waals surface area contributed by atoms with E-state index in [-0.39, 0.29) is 0 Å². The molecular formula is C5H2N3OS. The van der Waals surface area contributed by atoms with Crippen LogP contribution in [0, 0.1) is 6.39 Å². The maximum atomic E-state index is 4.43. The molecule has 2 rings (SSSR count). The van der Waals surface area contributed by atoms with E-state index < -0.39 is 0 Å². The topological polar surface area (TPSA) is 51.8 Å². The van der Waals surface area contributed by atoms with Gasteiger partial charge in [-0.2, -0.15) is 4.98 Å². The molecule has 0 fully saturated rings. The van der Waals surface area contributed by atoms with E-state index in [4.69, 9.17) is 0 Å². The van der Waals surface area contributed by atoms with Crippen molar-refractivity contribution in [2.45, 2.75) is 0 Å². The van der Waals surface area contributed by atoms with Gasteiger partial charge in [-0.3, -0.25) is 4.98 Å². The molecule has 2 aromatic rings. The lowest BCUT2D eigenvalue weighted by Crippen LogP contribution is -1.71. The average molecular weight is 152 g/mol. The SMILES string of the molecule is [c]1nc(-c2cncs2)no1. The summed E-state index contributed by atoms with van der Waals surface area (Å²) in [7, 11) is 0. The van der Waals surface area contributed by atoms with Crippen molar-refractivity contribution in [1.82, 2.24) is 15.1 Å². The Morgan fingerprint density at radius 3 is 3.20 bits per heavy atom. The van der Waals surface area contributed by atoms with Gasteiger partial charge in [-0.1, -0.05) is 5.16 Å². The van der Waals surface area contributed by atoms with E-state index in [0.29, 0.717) is 5.82 Å². The Bertz CT molecular complexity index is 256. The van der Waals surface area contributed by atoms with Gasteiger partial charge in [0, 0.05) is 6.20 Å². The van der Waals surface area contributed by atoms with E-state index >= 15 is 0 Å². The zero-order valence-electron chi connectivity index (χ0n) is 4.81. The minimum Gasteiger partial charge on any atom is -0.328 e. The quantitative estimate of drug-likeness (QED) is 0.611. The third kappa shape index (κ3) is 0.801. The molecule has 0 saturated heterocycles. The summed E-state index contributed by atoms with van der Waals surface area (Å²) in [5.41, 5.74) is 1.71. The number of nitrogens with zero attached hydrogens (tertiary/aromatic N) is 3. The minimum atomic E-state index is 0.544. The average Bonchev–Trinajstić information content (AvgIpc) is 2.59. The van der Waals surface area contributed by atoms with Gasteiger partial charge in [0.05, 0.1) is 10.4 Å². The first-order valence-corrected chi connectivity index (χ1v) is 3.43. The Labute approximate surface area is 60.5 Å². The fraction of sp³-hybridized carbons (Fsp3) is 0. The normalized spacial score (nSPS) is 10.0. The smallest absolute Gasteiger partial charge is 0.316 e. The van der Waals surface area contributed by atoms with E-state index in [1.165, 1.54) is 11.3 Å².